The molecule has 0 aromatic heterocycles. The van der Waals surface area contributed by atoms with Gasteiger partial charge >= 0.3 is 0 Å². The van der Waals surface area contributed by atoms with E-state index in [-0.39, 0.29) is 17.5 Å². The van der Waals surface area contributed by atoms with Crippen LogP contribution in [0.25, 0.3) is 0 Å². The molecule has 0 heterocycles. The van der Waals surface area contributed by atoms with Gasteiger partial charge in [-0.2, -0.15) is 0 Å². The molecule has 0 fully saturated rings. The van der Waals surface area contributed by atoms with Crippen LogP contribution in [0.1, 0.15) is 0 Å². The molecular formula is C15H13BrFNO2S. The summed E-state index contributed by atoms with van der Waals surface area (Å²) in [5.74, 6) is 0.392. The number of nitrogens with one attached hydrogen (secondary N) is 1. The van der Waals surface area contributed by atoms with Crippen LogP contribution in [0.15, 0.2) is 51.8 Å². The maximum absolute atomic E-state index is 12.8. The van der Waals surface area contributed by atoms with Crippen molar-refractivity contribution >= 4 is 39.3 Å². The molecule has 2 aromatic rings. The monoisotopic (exact) mass is 369 g/mol. The van der Waals surface area contributed by atoms with Gasteiger partial charge in [0.05, 0.1) is 18.6 Å². The summed E-state index contributed by atoms with van der Waals surface area (Å²) in [7, 11) is 1.55. The first-order valence-corrected chi connectivity index (χ1v) is 7.88. The number of hydrogen-bond acceptors (Lipinski definition) is 3. The van der Waals surface area contributed by atoms with Gasteiger partial charge in [-0.15, -0.1) is 11.8 Å². The molecule has 0 saturated carbocycles. The van der Waals surface area contributed by atoms with E-state index in [0.717, 1.165) is 9.37 Å². The fourth-order valence-corrected chi connectivity index (χ4v) is 2.70. The van der Waals surface area contributed by atoms with E-state index >= 15 is 0 Å². The largest absolute Gasteiger partial charge is 0.495 e. The van der Waals surface area contributed by atoms with Gasteiger partial charge in [-0.1, -0.05) is 15.9 Å². The number of rotatable bonds is 5. The van der Waals surface area contributed by atoms with E-state index in [4.69, 9.17) is 4.74 Å². The summed E-state index contributed by atoms with van der Waals surface area (Å²) in [6.07, 6.45) is 0. The zero-order chi connectivity index (χ0) is 15.2. The smallest absolute Gasteiger partial charge is 0.234 e. The molecule has 0 aliphatic heterocycles. The van der Waals surface area contributed by atoms with Crippen LogP contribution in [0, 0.1) is 5.82 Å². The van der Waals surface area contributed by atoms with Crippen LogP contribution in [0.4, 0.5) is 10.1 Å². The summed E-state index contributed by atoms with van der Waals surface area (Å²) in [4.78, 5) is 12.8. The number of methoxy groups -OCH3 is 1. The third kappa shape index (κ3) is 4.75. The van der Waals surface area contributed by atoms with Crippen LogP contribution in [0.2, 0.25) is 0 Å². The minimum Gasteiger partial charge on any atom is -0.495 e. The van der Waals surface area contributed by atoms with Crippen molar-refractivity contribution < 1.29 is 13.9 Å². The van der Waals surface area contributed by atoms with E-state index in [1.807, 2.05) is 6.07 Å². The van der Waals surface area contributed by atoms with Crippen molar-refractivity contribution in [1.29, 1.82) is 0 Å². The summed E-state index contributed by atoms with van der Waals surface area (Å²) in [5, 5.41) is 2.80. The zero-order valence-electron chi connectivity index (χ0n) is 11.2. The van der Waals surface area contributed by atoms with Crippen molar-refractivity contribution in [2.45, 2.75) is 4.90 Å². The number of carbonyl (C=O) groups is 1. The summed E-state index contributed by atoms with van der Waals surface area (Å²) < 4.78 is 18.8. The second-order valence-corrected chi connectivity index (χ2v) is 6.10. The molecule has 2 aromatic carbocycles. The van der Waals surface area contributed by atoms with Crippen molar-refractivity contribution in [2.75, 3.05) is 18.2 Å². The standard InChI is InChI=1S/C15H13BrFNO2S/c1-20-14-7-2-10(16)8-13(14)18-15(19)9-21-12-5-3-11(17)4-6-12/h2-8H,9H2,1H3,(H,18,19). The average molecular weight is 370 g/mol. The molecule has 0 spiro atoms. The Kier molecular flexibility index (Phi) is 5.64. The van der Waals surface area contributed by atoms with Crippen molar-refractivity contribution in [3.63, 3.8) is 0 Å². The zero-order valence-corrected chi connectivity index (χ0v) is 13.6. The first-order chi connectivity index (χ1) is 10.1. The highest BCUT2D eigenvalue weighted by molar-refractivity contribution is 9.10. The predicted molar refractivity (Wildman–Crippen MR) is 86.4 cm³/mol. The number of amides is 1. The number of benzene rings is 2. The van der Waals surface area contributed by atoms with Gasteiger partial charge < -0.3 is 10.1 Å². The summed E-state index contributed by atoms with van der Waals surface area (Å²) >= 11 is 4.69. The van der Waals surface area contributed by atoms with Crippen LogP contribution < -0.4 is 10.1 Å². The lowest BCUT2D eigenvalue weighted by atomic mass is 10.3. The highest BCUT2D eigenvalue weighted by Gasteiger charge is 2.08. The number of hydrogen-bond donors (Lipinski definition) is 1. The molecule has 0 bridgehead atoms. The number of ether oxygens (including phenoxy) is 1. The molecule has 0 radical (unpaired) electrons. The molecule has 110 valence electrons. The Morgan fingerprint density at radius 2 is 2.00 bits per heavy atom. The van der Waals surface area contributed by atoms with E-state index in [1.165, 1.54) is 23.9 Å². The first-order valence-electron chi connectivity index (χ1n) is 6.10. The lowest BCUT2D eigenvalue weighted by molar-refractivity contribution is -0.113. The van der Waals surface area contributed by atoms with E-state index in [0.29, 0.717) is 11.4 Å². The van der Waals surface area contributed by atoms with Crippen LogP contribution in [-0.2, 0) is 4.79 Å². The Morgan fingerprint density at radius 3 is 2.67 bits per heavy atom. The first kappa shape index (κ1) is 15.9. The average Bonchev–Trinajstić information content (AvgIpc) is 2.47. The van der Waals surface area contributed by atoms with E-state index in [2.05, 4.69) is 21.2 Å². The highest BCUT2D eigenvalue weighted by Crippen LogP contribution is 2.28. The minimum absolute atomic E-state index is 0.152. The molecule has 6 heteroatoms. The number of anilines is 1. The fourth-order valence-electron chi connectivity index (χ4n) is 1.64. The second kappa shape index (κ2) is 7.47. The molecule has 0 aliphatic carbocycles. The Hall–Kier alpha value is -1.53. The Labute approximate surface area is 135 Å². The van der Waals surface area contributed by atoms with E-state index in [9.17, 15) is 9.18 Å². The number of thioether (sulfide) groups is 1. The predicted octanol–water partition coefficient (Wildman–Crippen LogP) is 4.33. The van der Waals surface area contributed by atoms with Crippen LogP contribution in [0.5, 0.6) is 5.75 Å². The van der Waals surface area contributed by atoms with E-state index < -0.39 is 0 Å². The number of carbonyl (C=O) groups excluding carboxylic acids is 1. The lowest BCUT2D eigenvalue weighted by Crippen LogP contribution is -2.14. The lowest BCUT2D eigenvalue weighted by Gasteiger charge is -2.10. The van der Waals surface area contributed by atoms with Crippen LogP contribution in [0.3, 0.4) is 0 Å². The van der Waals surface area contributed by atoms with Crippen molar-refractivity contribution in [3.8, 4) is 5.75 Å². The molecule has 1 N–H and O–H groups in total. The second-order valence-electron chi connectivity index (χ2n) is 4.14. The fraction of sp³-hybridized carbons (Fsp3) is 0.133. The third-order valence-electron chi connectivity index (χ3n) is 2.62. The molecular weight excluding hydrogens is 357 g/mol. The molecule has 3 nitrogen and oxygen atoms in total. The van der Waals surface area contributed by atoms with Crippen molar-refractivity contribution in [1.82, 2.24) is 0 Å². The SMILES string of the molecule is COc1ccc(Br)cc1NC(=O)CSc1ccc(F)cc1. The maximum atomic E-state index is 12.8. The Morgan fingerprint density at radius 1 is 1.29 bits per heavy atom. The molecule has 21 heavy (non-hydrogen) atoms. The van der Waals surface area contributed by atoms with Gasteiger partial charge in [0.25, 0.3) is 0 Å². The van der Waals surface area contributed by atoms with Gasteiger partial charge in [0.2, 0.25) is 5.91 Å². The van der Waals surface area contributed by atoms with Gasteiger partial charge in [0.15, 0.2) is 0 Å². The van der Waals surface area contributed by atoms with Gasteiger partial charge in [0.1, 0.15) is 11.6 Å². The van der Waals surface area contributed by atoms with Crippen LogP contribution >= 0.6 is 27.7 Å². The molecule has 0 saturated heterocycles. The third-order valence-corrected chi connectivity index (χ3v) is 4.12. The highest BCUT2D eigenvalue weighted by atomic mass is 79.9. The van der Waals surface area contributed by atoms with Gasteiger partial charge in [-0.3, -0.25) is 4.79 Å². The Bertz CT molecular complexity index is 634. The molecule has 0 unspecified atom stereocenters. The maximum Gasteiger partial charge on any atom is 0.234 e. The number of halogens is 2. The molecule has 2 rings (SSSR count). The van der Waals surface area contributed by atoms with Gasteiger partial charge in [0, 0.05) is 9.37 Å². The summed E-state index contributed by atoms with van der Waals surface area (Å²) in [5.41, 5.74) is 0.608. The molecule has 0 aliphatic rings. The van der Waals surface area contributed by atoms with Crippen molar-refractivity contribution in [2.24, 2.45) is 0 Å². The van der Waals surface area contributed by atoms with E-state index in [1.54, 1.807) is 31.4 Å². The topological polar surface area (TPSA) is 38.3 Å². The summed E-state index contributed by atoms with van der Waals surface area (Å²) in [6, 6.07) is 11.4. The Balaban J connectivity index is 1.95. The summed E-state index contributed by atoms with van der Waals surface area (Å²) in [6.45, 7) is 0. The molecule has 1 amide bonds. The van der Waals surface area contributed by atoms with Gasteiger partial charge in [-0.25, -0.2) is 4.39 Å². The normalized spacial score (nSPS) is 10.2. The molecule has 0 atom stereocenters. The van der Waals surface area contributed by atoms with Crippen molar-refractivity contribution in [3.05, 3.63) is 52.8 Å². The minimum atomic E-state index is -0.289. The van der Waals surface area contributed by atoms with Crippen LogP contribution in [-0.4, -0.2) is 18.8 Å². The van der Waals surface area contributed by atoms with Gasteiger partial charge in [-0.05, 0) is 42.5 Å². The quantitative estimate of drug-likeness (QED) is 0.797.